The minimum atomic E-state index is 0.257. The van der Waals surface area contributed by atoms with Gasteiger partial charge in [-0.1, -0.05) is 6.07 Å². The number of ether oxygens (including phenoxy) is 2. The molecule has 0 atom stereocenters. The molecule has 1 spiro atoms. The Balaban J connectivity index is 1.98. The van der Waals surface area contributed by atoms with E-state index in [0.29, 0.717) is 0 Å². The molecule has 0 aliphatic carbocycles. The molecule has 0 aromatic heterocycles. The number of benzene rings is 1. The van der Waals surface area contributed by atoms with Gasteiger partial charge >= 0.3 is 0 Å². The summed E-state index contributed by atoms with van der Waals surface area (Å²) >= 11 is 0. The molecule has 0 unspecified atom stereocenters. The van der Waals surface area contributed by atoms with Gasteiger partial charge in [-0.05, 0) is 32.0 Å². The fraction of sp³-hybridized carbons (Fsp3) is 0.538. The second-order valence-corrected chi connectivity index (χ2v) is 4.68. The second kappa shape index (κ2) is 3.67. The van der Waals surface area contributed by atoms with E-state index in [4.69, 9.17) is 9.47 Å². The van der Waals surface area contributed by atoms with Gasteiger partial charge in [0.2, 0.25) is 0 Å². The fourth-order valence-corrected chi connectivity index (χ4v) is 2.80. The van der Waals surface area contributed by atoms with E-state index >= 15 is 0 Å². The molecular weight excluding hydrogens is 202 g/mol. The number of piperidine rings is 1. The lowest BCUT2D eigenvalue weighted by Gasteiger charge is -2.32. The molecule has 1 saturated heterocycles. The number of methoxy groups -OCH3 is 1. The van der Waals surface area contributed by atoms with Gasteiger partial charge in [0.1, 0.15) is 11.5 Å². The highest BCUT2D eigenvalue weighted by molar-refractivity contribution is 5.48. The maximum absolute atomic E-state index is 5.83. The zero-order valence-corrected chi connectivity index (χ0v) is 9.58. The van der Waals surface area contributed by atoms with Crippen LogP contribution in [-0.2, 0) is 5.41 Å². The van der Waals surface area contributed by atoms with E-state index < -0.39 is 0 Å². The molecule has 1 aromatic carbocycles. The number of fused-ring (bicyclic) bond motifs is 2. The van der Waals surface area contributed by atoms with Crippen LogP contribution in [0.2, 0.25) is 0 Å². The largest absolute Gasteiger partial charge is 0.497 e. The Hall–Kier alpha value is -1.22. The monoisotopic (exact) mass is 219 g/mol. The summed E-state index contributed by atoms with van der Waals surface area (Å²) < 4.78 is 11.0. The molecule has 0 amide bonds. The van der Waals surface area contributed by atoms with Crippen molar-refractivity contribution in [1.29, 1.82) is 0 Å². The molecule has 1 aromatic rings. The molecule has 0 radical (unpaired) electrons. The normalized spacial score (nSPS) is 21.6. The molecule has 3 nitrogen and oxygen atoms in total. The molecule has 1 fully saturated rings. The Morgan fingerprint density at radius 1 is 1.31 bits per heavy atom. The second-order valence-electron chi connectivity index (χ2n) is 4.68. The number of hydrogen-bond acceptors (Lipinski definition) is 3. The van der Waals surface area contributed by atoms with Gasteiger partial charge < -0.3 is 14.8 Å². The Bertz CT molecular complexity index is 397. The summed E-state index contributed by atoms with van der Waals surface area (Å²) in [6, 6.07) is 6.22. The quantitative estimate of drug-likeness (QED) is 0.780. The summed E-state index contributed by atoms with van der Waals surface area (Å²) in [4.78, 5) is 0. The van der Waals surface area contributed by atoms with E-state index in [1.54, 1.807) is 7.11 Å². The molecule has 2 heterocycles. The van der Waals surface area contributed by atoms with Crippen molar-refractivity contribution >= 4 is 0 Å². The maximum Gasteiger partial charge on any atom is 0.126 e. The van der Waals surface area contributed by atoms with Crippen LogP contribution in [-0.4, -0.2) is 26.8 Å². The summed E-state index contributed by atoms with van der Waals surface area (Å²) in [5.74, 6) is 1.89. The zero-order valence-electron chi connectivity index (χ0n) is 9.58. The van der Waals surface area contributed by atoms with Gasteiger partial charge in [-0.2, -0.15) is 0 Å². The summed E-state index contributed by atoms with van der Waals surface area (Å²) in [6.45, 7) is 3.01. The molecule has 2 aliphatic heterocycles. The summed E-state index contributed by atoms with van der Waals surface area (Å²) in [5.41, 5.74) is 1.63. The van der Waals surface area contributed by atoms with Crippen molar-refractivity contribution in [2.24, 2.45) is 0 Å². The third kappa shape index (κ3) is 1.39. The van der Waals surface area contributed by atoms with Crippen LogP contribution in [0.25, 0.3) is 0 Å². The maximum atomic E-state index is 5.83. The summed E-state index contributed by atoms with van der Waals surface area (Å²) in [5, 5.41) is 3.41. The van der Waals surface area contributed by atoms with Crippen molar-refractivity contribution < 1.29 is 9.47 Å². The highest BCUT2D eigenvalue weighted by Crippen LogP contribution is 2.45. The van der Waals surface area contributed by atoms with Gasteiger partial charge in [0.25, 0.3) is 0 Å². The van der Waals surface area contributed by atoms with Crippen molar-refractivity contribution in [3.05, 3.63) is 23.8 Å². The van der Waals surface area contributed by atoms with E-state index in [-0.39, 0.29) is 5.41 Å². The van der Waals surface area contributed by atoms with Crippen LogP contribution in [0.15, 0.2) is 18.2 Å². The molecule has 0 bridgehead atoms. The van der Waals surface area contributed by atoms with Crippen LogP contribution in [0.4, 0.5) is 0 Å². The molecule has 0 saturated carbocycles. The van der Waals surface area contributed by atoms with E-state index in [2.05, 4.69) is 11.4 Å². The first kappa shape index (κ1) is 9.97. The molecule has 3 rings (SSSR count). The zero-order chi connectivity index (χ0) is 11.0. The van der Waals surface area contributed by atoms with Crippen LogP contribution < -0.4 is 14.8 Å². The van der Waals surface area contributed by atoms with Gasteiger partial charge in [-0.25, -0.2) is 0 Å². The van der Waals surface area contributed by atoms with Gasteiger partial charge in [0.05, 0.1) is 13.7 Å². The van der Waals surface area contributed by atoms with Gasteiger partial charge in [0.15, 0.2) is 0 Å². The topological polar surface area (TPSA) is 30.5 Å². The predicted molar refractivity (Wildman–Crippen MR) is 62.3 cm³/mol. The SMILES string of the molecule is COc1ccc2c(c1)OCC21CCNCC1. The lowest BCUT2D eigenvalue weighted by atomic mass is 9.75. The van der Waals surface area contributed by atoms with E-state index in [9.17, 15) is 0 Å². The first-order valence-electron chi connectivity index (χ1n) is 5.86. The fourth-order valence-electron chi connectivity index (χ4n) is 2.80. The Morgan fingerprint density at radius 3 is 2.88 bits per heavy atom. The Morgan fingerprint density at radius 2 is 2.12 bits per heavy atom. The molecule has 1 N–H and O–H groups in total. The molecule has 2 aliphatic rings. The molecular formula is C13H17NO2. The number of hydrogen-bond donors (Lipinski definition) is 1. The van der Waals surface area contributed by atoms with Crippen LogP contribution in [0.3, 0.4) is 0 Å². The lowest BCUT2D eigenvalue weighted by Crippen LogP contribution is -2.40. The minimum Gasteiger partial charge on any atom is -0.497 e. The third-order valence-electron chi connectivity index (χ3n) is 3.82. The smallest absolute Gasteiger partial charge is 0.126 e. The van der Waals surface area contributed by atoms with Crippen LogP contribution in [0.5, 0.6) is 11.5 Å². The number of rotatable bonds is 1. The van der Waals surface area contributed by atoms with Crippen LogP contribution >= 0.6 is 0 Å². The van der Waals surface area contributed by atoms with Gasteiger partial charge in [0, 0.05) is 17.0 Å². The van der Waals surface area contributed by atoms with Crippen molar-refractivity contribution in [2.45, 2.75) is 18.3 Å². The average Bonchev–Trinajstić information content (AvgIpc) is 2.69. The van der Waals surface area contributed by atoms with Gasteiger partial charge in [-0.3, -0.25) is 0 Å². The van der Waals surface area contributed by atoms with E-state index in [1.807, 2.05) is 12.1 Å². The van der Waals surface area contributed by atoms with Crippen LogP contribution in [0.1, 0.15) is 18.4 Å². The van der Waals surface area contributed by atoms with Crippen molar-refractivity contribution in [3.8, 4) is 11.5 Å². The highest BCUT2D eigenvalue weighted by Gasteiger charge is 2.41. The molecule has 3 heteroatoms. The molecule has 16 heavy (non-hydrogen) atoms. The van der Waals surface area contributed by atoms with Gasteiger partial charge in [-0.15, -0.1) is 0 Å². The van der Waals surface area contributed by atoms with Crippen molar-refractivity contribution in [3.63, 3.8) is 0 Å². The first-order chi connectivity index (χ1) is 7.84. The first-order valence-corrected chi connectivity index (χ1v) is 5.86. The third-order valence-corrected chi connectivity index (χ3v) is 3.82. The standard InChI is InChI=1S/C13H17NO2/c1-15-10-2-3-11-12(8-10)16-9-13(11)4-6-14-7-5-13/h2-3,8,14H,4-7,9H2,1H3. The average molecular weight is 219 g/mol. The minimum absolute atomic E-state index is 0.257. The predicted octanol–water partition coefficient (Wildman–Crippen LogP) is 1.71. The van der Waals surface area contributed by atoms with Crippen LogP contribution in [0, 0.1) is 0 Å². The summed E-state index contributed by atoms with van der Waals surface area (Å²) in [7, 11) is 1.69. The molecule has 86 valence electrons. The lowest BCUT2D eigenvalue weighted by molar-refractivity contribution is 0.220. The van der Waals surface area contributed by atoms with E-state index in [1.165, 1.54) is 18.4 Å². The van der Waals surface area contributed by atoms with Crippen molar-refractivity contribution in [2.75, 3.05) is 26.8 Å². The van der Waals surface area contributed by atoms with E-state index in [0.717, 1.165) is 31.2 Å². The Labute approximate surface area is 95.8 Å². The highest BCUT2D eigenvalue weighted by atomic mass is 16.5. The van der Waals surface area contributed by atoms with Crippen molar-refractivity contribution in [1.82, 2.24) is 5.32 Å². The summed E-state index contributed by atoms with van der Waals surface area (Å²) in [6.07, 6.45) is 2.35. The Kier molecular flexibility index (Phi) is 2.28. The number of nitrogens with one attached hydrogen (secondary N) is 1.